The quantitative estimate of drug-likeness (QED) is 0.844. The van der Waals surface area contributed by atoms with Crippen LogP contribution in [0, 0.1) is 0 Å². The molecule has 2 heterocycles. The predicted octanol–water partition coefficient (Wildman–Crippen LogP) is 1.92. The smallest absolute Gasteiger partial charge is 0.255 e. The lowest BCUT2D eigenvalue weighted by atomic mass is 10.1. The Hall–Kier alpha value is -2.31. The minimum Gasteiger partial charge on any atom is -0.342 e. The number of carbonyl (C=O) groups excluding carboxylic acids is 1. The van der Waals surface area contributed by atoms with Crippen molar-refractivity contribution in [3.8, 4) is 0 Å². The summed E-state index contributed by atoms with van der Waals surface area (Å²) in [6.45, 7) is 6.78. The van der Waals surface area contributed by atoms with Gasteiger partial charge in [0.15, 0.2) is 0 Å². The Labute approximate surface area is 130 Å². The Morgan fingerprint density at radius 3 is 2.77 bits per heavy atom. The van der Waals surface area contributed by atoms with Gasteiger partial charge in [0.05, 0.1) is 17.3 Å². The van der Waals surface area contributed by atoms with E-state index < -0.39 is 0 Å². The molecule has 7 nitrogen and oxygen atoms in total. The molecule has 0 aliphatic heterocycles. The first-order chi connectivity index (χ1) is 10.7. The number of amides is 1. The van der Waals surface area contributed by atoms with Gasteiger partial charge in [-0.3, -0.25) is 4.79 Å². The minimum atomic E-state index is -0.176. The summed E-state index contributed by atoms with van der Waals surface area (Å²) in [4.78, 5) is 25.0. The van der Waals surface area contributed by atoms with Crippen molar-refractivity contribution in [3.63, 3.8) is 0 Å². The SMILES string of the molecule is CCCc1ncncc1C(=O)NC(CC)c1ncnn1CC. The third-order valence-corrected chi connectivity index (χ3v) is 3.50. The van der Waals surface area contributed by atoms with Gasteiger partial charge in [-0.1, -0.05) is 20.3 Å². The normalized spacial score (nSPS) is 12.1. The lowest BCUT2D eigenvalue weighted by Crippen LogP contribution is -2.31. The van der Waals surface area contributed by atoms with E-state index in [1.807, 2.05) is 13.8 Å². The first-order valence-electron chi connectivity index (χ1n) is 7.68. The first-order valence-corrected chi connectivity index (χ1v) is 7.68. The molecule has 1 atom stereocenters. The van der Waals surface area contributed by atoms with E-state index >= 15 is 0 Å². The van der Waals surface area contributed by atoms with E-state index in [1.165, 1.54) is 12.7 Å². The summed E-state index contributed by atoms with van der Waals surface area (Å²) in [5, 5.41) is 7.18. The summed E-state index contributed by atoms with van der Waals surface area (Å²) in [6.07, 6.45) is 6.99. The molecule has 0 fully saturated rings. The molecule has 1 N–H and O–H groups in total. The second-order valence-corrected chi connectivity index (χ2v) is 5.00. The van der Waals surface area contributed by atoms with Crippen LogP contribution in [0.1, 0.15) is 61.5 Å². The molecular weight excluding hydrogens is 280 g/mol. The van der Waals surface area contributed by atoms with Crippen LogP contribution in [0.2, 0.25) is 0 Å². The molecule has 0 aliphatic rings. The fraction of sp³-hybridized carbons (Fsp3) is 0.533. The number of hydrogen-bond acceptors (Lipinski definition) is 5. The maximum absolute atomic E-state index is 12.6. The molecule has 0 saturated carbocycles. The molecule has 22 heavy (non-hydrogen) atoms. The van der Waals surface area contributed by atoms with Crippen LogP contribution in [-0.4, -0.2) is 30.6 Å². The van der Waals surface area contributed by atoms with Crippen molar-refractivity contribution < 1.29 is 4.79 Å². The summed E-state index contributed by atoms with van der Waals surface area (Å²) >= 11 is 0. The molecule has 0 aliphatic carbocycles. The zero-order chi connectivity index (χ0) is 15.9. The van der Waals surface area contributed by atoms with Crippen LogP contribution in [0.25, 0.3) is 0 Å². The fourth-order valence-electron chi connectivity index (χ4n) is 2.35. The zero-order valence-corrected chi connectivity index (χ0v) is 13.3. The lowest BCUT2D eigenvalue weighted by molar-refractivity contribution is 0.0931. The number of rotatable bonds is 7. The Morgan fingerprint density at radius 2 is 2.09 bits per heavy atom. The number of aryl methyl sites for hydroxylation is 2. The molecule has 0 saturated heterocycles. The molecule has 0 aromatic carbocycles. The van der Waals surface area contributed by atoms with Gasteiger partial charge in [0.2, 0.25) is 0 Å². The maximum Gasteiger partial charge on any atom is 0.255 e. The largest absolute Gasteiger partial charge is 0.342 e. The number of hydrogen-bond donors (Lipinski definition) is 1. The van der Waals surface area contributed by atoms with Gasteiger partial charge in [-0.05, 0) is 19.8 Å². The van der Waals surface area contributed by atoms with Gasteiger partial charge in [0.25, 0.3) is 5.91 Å². The lowest BCUT2D eigenvalue weighted by Gasteiger charge is -2.17. The van der Waals surface area contributed by atoms with Crippen molar-refractivity contribution in [2.24, 2.45) is 0 Å². The summed E-state index contributed by atoms with van der Waals surface area (Å²) in [5.41, 5.74) is 1.31. The Balaban J connectivity index is 2.20. The van der Waals surface area contributed by atoms with Gasteiger partial charge < -0.3 is 5.32 Å². The second-order valence-electron chi connectivity index (χ2n) is 5.00. The van der Waals surface area contributed by atoms with Crippen LogP contribution in [0.5, 0.6) is 0 Å². The highest BCUT2D eigenvalue weighted by Gasteiger charge is 2.20. The van der Waals surface area contributed by atoms with E-state index in [2.05, 4.69) is 32.3 Å². The van der Waals surface area contributed by atoms with Crippen LogP contribution in [0.4, 0.5) is 0 Å². The van der Waals surface area contributed by atoms with E-state index in [1.54, 1.807) is 10.9 Å². The van der Waals surface area contributed by atoms with Crippen LogP contribution < -0.4 is 5.32 Å². The van der Waals surface area contributed by atoms with Crippen molar-refractivity contribution in [2.75, 3.05) is 0 Å². The Bertz CT molecular complexity index is 624. The Morgan fingerprint density at radius 1 is 1.27 bits per heavy atom. The van der Waals surface area contributed by atoms with Crippen LogP contribution in [0.3, 0.4) is 0 Å². The summed E-state index contributed by atoms with van der Waals surface area (Å²) in [7, 11) is 0. The highest BCUT2D eigenvalue weighted by molar-refractivity contribution is 5.95. The van der Waals surface area contributed by atoms with Crippen molar-refractivity contribution in [1.82, 2.24) is 30.0 Å². The van der Waals surface area contributed by atoms with E-state index in [0.717, 1.165) is 37.3 Å². The van der Waals surface area contributed by atoms with Gasteiger partial charge in [0.1, 0.15) is 18.5 Å². The second kappa shape index (κ2) is 7.63. The summed E-state index contributed by atoms with van der Waals surface area (Å²) in [6, 6.07) is -0.176. The highest BCUT2D eigenvalue weighted by atomic mass is 16.1. The molecule has 0 spiro atoms. The number of aromatic nitrogens is 5. The van der Waals surface area contributed by atoms with E-state index in [4.69, 9.17) is 0 Å². The molecule has 2 aromatic rings. The topological polar surface area (TPSA) is 85.6 Å². The third kappa shape index (κ3) is 3.47. The summed E-state index contributed by atoms with van der Waals surface area (Å²) < 4.78 is 1.79. The van der Waals surface area contributed by atoms with Gasteiger partial charge in [0, 0.05) is 12.7 Å². The molecule has 118 valence electrons. The third-order valence-electron chi connectivity index (χ3n) is 3.50. The van der Waals surface area contributed by atoms with Crippen LogP contribution >= 0.6 is 0 Å². The van der Waals surface area contributed by atoms with E-state index in [9.17, 15) is 4.79 Å². The van der Waals surface area contributed by atoms with Gasteiger partial charge in [-0.25, -0.2) is 19.6 Å². The molecule has 7 heteroatoms. The molecule has 0 radical (unpaired) electrons. The maximum atomic E-state index is 12.6. The van der Waals surface area contributed by atoms with Crippen molar-refractivity contribution in [1.29, 1.82) is 0 Å². The van der Waals surface area contributed by atoms with Crippen molar-refractivity contribution >= 4 is 5.91 Å². The molecule has 0 bridgehead atoms. The predicted molar refractivity (Wildman–Crippen MR) is 82.2 cm³/mol. The number of carbonyl (C=O) groups is 1. The minimum absolute atomic E-state index is 0.165. The van der Waals surface area contributed by atoms with Gasteiger partial charge >= 0.3 is 0 Å². The average molecular weight is 302 g/mol. The Kier molecular flexibility index (Phi) is 5.57. The zero-order valence-electron chi connectivity index (χ0n) is 13.3. The van der Waals surface area contributed by atoms with Gasteiger partial charge in [-0.2, -0.15) is 5.10 Å². The molecule has 1 unspecified atom stereocenters. The van der Waals surface area contributed by atoms with Crippen LogP contribution in [-0.2, 0) is 13.0 Å². The monoisotopic (exact) mass is 302 g/mol. The highest BCUT2D eigenvalue weighted by Crippen LogP contribution is 2.15. The first kappa shape index (κ1) is 16.1. The van der Waals surface area contributed by atoms with Crippen LogP contribution in [0.15, 0.2) is 18.9 Å². The van der Waals surface area contributed by atoms with Crippen molar-refractivity contribution in [2.45, 2.75) is 52.6 Å². The fourth-order valence-corrected chi connectivity index (χ4v) is 2.35. The molecule has 2 aromatic heterocycles. The average Bonchev–Trinajstić information content (AvgIpc) is 3.01. The van der Waals surface area contributed by atoms with E-state index in [0.29, 0.717) is 5.56 Å². The summed E-state index contributed by atoms with van der Waals surface area (Å²) in [5.74, 6) is 0.605. The van der Waals surface area contributed by atoms with Crippen molar-refractivity contribution in [3.05, 3.63) is 35.9 Å². The van der Waals surface area contributed by atoms with E-state index in [-0.39, 0.29) is 11.9 Å². The van der Waals surface area contributed by atoms with Gasteiger partial charge in [-0.15, -0.1) is 0 Å². The number of nitrogens with zero attached hydrogens (tertiary/aromatic N) is 5. The standard InChI is InChI=1S/C15H22N6O/c1-4-7-13-11(8-16-9-17-13)15(22)20-12(5-2)14-18-10-19-21(14)6-3/h8-10,12H,4-7H2,1-3H3,(H,20,22). The molecular formula is C15H22N6O. The molecule has 1 amide bonds. The molecule has 2 rings (SSSR count). The number of nitrogens with one attached hydrogen (secondary N) is 1.